The Bertz CT molecular complexity index is 710. The van der Waals surface area contributed by atoms with Crippen LogP contribution in [0.3, 0.4) is 0 Å². The number of benzene rings is 1. The molecular weight excluding hydrogens is 334 g/mol. The number of nitrogens with zero attached hydrogens (tertiary/aromatic N) is 3. The number of rotatable bonds is 4. The molecule has 2 saturated heterocycles. The molecule has 7 nitrogen and oxygen atoms in total. The van der Waals surface area contributed by atoms with Gasteiger partial charge in [-0.05, 0) is 36.8 Å². The van der Waals surface area contributed by atoms with Crippen molar-refractivity contribution in [2.75, 3.05) is 44.8 Å². The number of amides is 3. The van der Waals surface area contributed by atoms with Crippen molar-refractivity contribution in [3.05, 3.63) is 42.5 Å². The zero-order valence-electron chi connectivity index (χ0n) is 14.9. The monoisotopic (exact) mass is 357 g/mol. The van der Waals surface area contributed by atoms with Gasteiger partial charge in [-0.15, -0.1) is 0 Å². The molecule has 0 spiro atoms. The lowest BCUT2D eigenvalue weighted by Gasteiger charge is -2.37. The van der Waals surface area contributed by atoms with Gasteiger partial charge in [0.05, 0.1) is 12.6 Å². The molecule has 7 heteroatoms. The van der Waals surface area contributed by atoms with Crippen molar-refractivity contribution in [1.29, 1.82) is 0 Å². The van der Waals surface area contributed by atoms with E-state index in [0.717, 1.165) is 6.42 Å². The summed E-state index contributed by atoms with van der Waals surface area (Å²) >= 11 is 0. The highest BCUT2D eigenvalue weighted by Crippen LogP contribution is 2.19. The molecule has 0 N–H and O–H groups in total. The predicted molar refractivity (Wildman–Crippen MR) is 96.9 cm³/mol. The molecule has 26 heavy (non-hydrogen) atoms. The van der Waals surface area contributed by atoms with E-state index < -0.39 is 0 Å². The van der Waals surface area contributed by atoms with Gasteiger partial charge in [0, 0.05) is 38.0 Å². The zero-order chi connectivity index (χ0) is 18.7. The third kappa shape index (κ3) is 3.62. The number of hydrogen-bond acceptors (Lipinski definition) is 4. The minimum atomic E-state index is -0.221. The van der Waals surface area contributed by atoms with Gasteiger partial charge in [-0.2, -0.15) is 0 Å². The average Bonchev–Trinajstić information content (AvgIpc) is 3.20. The van der Waals surface area contributed by atoms with E-state index in [4.69, 9.17) is 4.74 Å². The first-order valence-corrected chi connectivity index (χ1v) is 8.68. The lowest BCUT2D eigenvalue weighted by molar-refractivity contribution is -0.137. The van der Waals surface area contributed by atoms with Crippen LogP contribution in [0, 0.1) is 0 Å². The third-order valence-electron chi connectivity index (χ3n) is 4.90. The largest absolute Gasteiger partial charge is 0.379 e. The lowest BCUT2D eigenvalue weighted by atomic mass is 10.1. The van der Waals surface area contributed by atoms with Gasteiger partial charge in [-0.25, -0.2) is 0 Å². The van der Waals surface area contributed by atoms with Crippen LogP contribution in [0.25, 0.3) is 0 Å². The average molecular weight is 357 g/mol. The van der Waals surface area contributed by atoms with Crippen LogP contribution in [0.4, 0.5) is 5.69 Å². The molecule has 0 radical (unpaired) electrons. The fourth-order valence-electron chi connectivity index (χ4n) is 3.29. The Balaban J connectivity index is 1.63. The molecule has 138 valence electrons. The van der Waals surface area contributed by atoms with Gasteiger partial charge >= 0.3 is 0 Å². The van der Waals surface area contributed by atoms with Crippen molar-refractivity contribution in [3.8, 4) is 0 Å². The predicted octanol–water partition coefficient (Wildman–Crippen LogP) is 0.909. The second-order valence-corrected chi connectivity index (χ2v) is 6.48. The van der Waals surface area contributed by atoms with Crippen molar-refractivity contribution < 1.29 is 19.1 Å². The van der Waals surface area contributed by atoms with Gasteiger partial charge < -0.3 is 19.4 Å². The van der Waals surface area contributed by atoms with Crippen molar-refractivity contribution in [2.24, 2.45) is 0 Å². The van der Waals surface area contributed by atoms with E-state index in [1.165, 1.54) is 11.0 Å². The van der Waals surface area contributed by atoms with Crippen LogP contribution in [-0.4, -0.2) is 73.5 Å². The van der Waals surface area contributed by atoms with Gasteiger partial charge in [0.1, 0.15) is 6.54 Å². The Kier molecular flexibility index (Phi) is 5.37. The molecule has 2 heterocycles. The zero-order valence-corrected chi connectivity index (χ0v) is 14.9. The molecule has 2 fully saturated rings. The second kappa shape index (κ2) is 7.70. The normalized spacial score (nSPS) is 20.2. The molecule has 1 atom stereocenters. The van der Waals surface area contributed by atoms with E-state index in [0.29, 0.717) is 37.6 Å². The fourth-order valence-corrected chi connectivity index (χ4v) is 3.29. The van der Waals surface area contributed by atoms with E-state index in [1.54, 1.807) is 36.2 Å². The van der Waals surface area contributed by atoms with Gasteiger partial charge in [0.15, 0.2) is 0 Å². The van der Waals surface area contributed by atoms with E-state index in [9.17, 15) is 14.4 Å². The summed E-state index contributed by atoms with van der Waals surface area (Å²) in [5.41, 5.74) is 1.17. The summed E-state index contributed by atoms with van der Waals surface area (Å²) in [4.78, 5) is 41.6. The summed E-state index contributed by atoms with van der Waals surface area (Å²) in [5.74, 6) is -0.431. The van der Waals surface area contributed by atoms with Gasteiger partial charge in [-0.1, -0.05) is 6.58 Å². The fraction of sp³-hybridized carbons (Fsp3) is 0.421. The maximum absolute atomic E-state index is 12.7. The Morgan fingerprint density at radius 2 is 2.00 bits per heavy atom. The number of ether oxygens (including phenoxy) is 1. The van der Waals surface area contributed by atoms with Gasteiger partial charge in [0.2, 0.25) is 11.8 Å². The summed E-state index contributed by atoms with van der Waals surface area (Å²) in [6, 6.07) is 6.90. The van der Waals surface area contributed by atoms with Crippen molar-refractivity contribution >= 4 is 23.4 Å². The Morgan fingerprint density at radius 1 is 1.27 bits per heavy atom. The smallest absolute Gasteiger partial charge is 0.254 e. The van der Waals surface area contributed by atoms with E-state index >= 15 is 0 Å². The molecule has 2 aliphatic rings. The Morgan fingerprint density at radius 3 is 2.58 bits per heavy atom. The van der Waals surface area contributed by atoms with E-state index in [-0.39, 0.29) is 30.3 Å². The molecule has 3 amide bonds. The Labute approximate surface area is 152 Å². The van der Waals surface area contributed by atoms with Crippen molar-refractivity contribution in [2.45, 2.75) is 12.5 Å². The standard InChI is InChI=1S/C19H23N3O4/c1-3-17(23)20(2)15-6-4-14(5-7-15)19(25)21-9-10-22(18(24)12-21)16-8-11-26-13-16/h3-7,16H,1,8-13H2,2H3. The number of hydrogen-bond donors (Lipinski definition) is 0. The highest BCUT2D eigenvalue weighted by atomic mass is 16.5. The maximum Gasteiger partial charge on any atom is 0.254 e. The molecule has 0 aromatic heterocycles. The summed E-state index contributed by atoms with van der Waals surface area (Å²) in [6.45, 7) is 5.86. The van der Waals surface area contributed by atoms with Crippen LogP contribution in [0.5, 0.6) is 0 Å². The quantitative estimate of drug-likeness (QED) is 0.751. The molecule has 0 aliphatic carbocycles. The van der Waals surface area contributed by atoms with Crippen molar-refractivity contribution in [3.63, 3.8) is 0 Å². The number of piperazine rings is 1. The molecular formula is C19H23N3O4. The molecule has 1 aromatic carbocycles. The van der Waals surface area contributed by atoms with Gasteiger partial charge in [-0.3, -0.25) is 14.4 Å². The Hall–Kier alpha value is -2.67. The van der Waals surface area contributed by atoms with Crippen molar-refractivity contribution in [1.82, 2.24) is 9.80 Å². The molecule has 1 unspecified atom stereocenters. The molecule has 0 saturated carbocycles. The van der Waals surface area contributed by atoms with E-state index in [1.807, 2.05) is 4.90 Å². The maximum atomic E-state index is 12.7. The highest BCUT2D eigenvalue weighted by molar-refractivity contribution is 6.01. The van der Waals surface area contributed by atoms with Crippen LogP contribution in [0.15, 0.2) is 36.9 Å². The summed E-state index contributed by atoms with van der Waals surface area (Å²) in [5, 5.41) is 0. The third-order valence-corrected chi connectivity index (χ3v) is 4.90. The minimum Gasteiger partial charge on any atom is -0.379 e. The molecule has 3 rings (SSSR count). The topological polar surface area (TPSA) is 70.2 Å². The second-order valence-electron chi connectivity index (χ2n) is 6.48. The van der Waals surface area contributed by atoms with Crippen LogP contribution in [-0.2, 0) is 14.3 Å². The summed E-state index contributed by atoms with van der Waals surface area (Å²) in [6.07, 6.45) is 2.09. The van der Waals surface area contributed by atoms with Gasteiger partial charge in [0.25, 0.3) is 5.91 Å². The SMILES string of the molecule is C=CC(=O)N(C)c1ccc(C(=O)N2CCN(C3CCOC3)C(=O)C2)cc1. The number of anilines is 1. The first kappa shape index (κ1) is 18.1. The van der Waals surface area contributed by atoms with E-state index in [2.05, 4.69) is 6.58 Å². The van der Waals surface area contributed by atoms with Crippen LogP contribution in [0.1, 0.15) is 16.8 Å². The van der Waals surface area contributed by atoms with Crippen LogP contribution >= 0.6 is 0 Å². The minimum absolute atomic E-state index is 0.0342. The van der Waals surface area contributed by atoms with Crippen LogP contribution < -0.4 is 4.90 Å². The molecule has 2 aliphatic heterocycles. The summed E-state index contributed by atoms with van der Waals surface area (Å²) in [7, 11) is 1.64. The van der Waals surface area contributed by atoms with Crippen LogP contribution in [0.2, 0.25) is 0 Å². The molecule has 0 bridgehead atoms. The number of carbonyl (C=O) groups is 3. The lowest BCUT2D eigenvalue weighted by Crippen LogP contribution is -2.55. The first-order chi connectivity index (χ1) is 12.5. The highest BCUT2D eigenvalue weighted by Gasteiger charge is 2.33. The molecule has 1 aromatic rings. The number of likely N-dealkylation sites (N-methyl/N-ethyl adjacent to an activating group) is 1. The first-order valence-electron chi connectivity index (χ1n) is 8.68. The number of carbonyl (C=O) groups excluding carboxylic acids is 3. The summed E-state index contributed by atoms with van der Waals surface area (Å²) < 4.78 is 5.35.